The minimum atomic E-state index is -0.372. The molecule has 33 heavy (non-hydrogen) atoms. The number of rotatable bonds is 5. The van der Waals surface area contributed by atoms with E-state index in [4.69, 9.17) is 4.42 Å². The number of nitrogens with zero attached hydrogens (tertiary/aromatic N) is 5. The molecule has 8 nitrogen and oxygen atoms in total. The smallest absolute Gasteiger partial charge is 0.295 e. The fourth-order valence-electron chi connectivity index (χ4n) is 4.56. The lowest BCUT2D eigenvalue weighted by molar-refractivity contribution is 0.0538. The predicted molar refractivity (Wildman–Crippen MR) is 122 cm³/mol. The van der Waals surface area contributed by atoms with E-state index in [-0.39, 0.29) is 23.7 Å². The molecule has 1 fully saturated rings. The first-order chi connectivity index (χ1) is 16.0. The number of carbonyl (C=O) groups excluding carboxylic acids is 1. The van der Waals surface area contributed by atoms with Crippen LogP contribution in [0, 0.1) is 18.7 Å². The highest BCUT2D eigenvalue weighted by Gasteiger charge is 2.34. The highest BCUT2D eigenvalue weighted by atomic mass is 19.1. The number of likely N-dealkylation sites (tertiary alicyclic amines) is 1. The quantitative estimate of drug-likeness (QED) is 0.492. The Balaban J connectivity index is 1.41. The van der Waals surface area contributed by atoms with Crippen molar-refractivity contribution in [2.75, 3.05) is 18.4 Å². The number of aromatic nitrogens is 4. The van der Waals surface area contributed by atoms with Crippen LogP contribution in [0.25, 0.3) is 16.8 Å². The van der Waals surface area contributed by atoms with E-state index in [1.54, 1.807) is 18.5 Å². The molecule has 1 aliphatic rings. The first kappa shape index (κ1) is 21.1. The lowest BCUT2D eigenvalue weighted by atomic mass is 9.89. The molecule has 0 spiro atoms. The van der Waals surface area contributed by atoms with E-state index in [0.717, 1.165) is 18.4 Å². The molecule has 0 radical (unpaired) electrons. The molecule has 4 aromatic rings. The molecule has 2 aromatic heterocycles. The van der Waals surface area contributed by atoms with E-state index < -0.39 is 0 Å². The summed E-state index contributed by atoms with van der Waals surface area (Å²) >= 11 is 0. The third-order valence-corrected chi connectivity index (χ3v) is 6.29. The van der Waals surface area contributed by atoms with Crippen molar-refractivity contribution in [2.45, 2.75) is 32.7 Å². The Kier molecular flexibility index (Phi) is 5.53. The number of nitrogens with one attached hydrogen (secondary N) is 1. The summed E-state index contributed by atoms with van der Waals surface area (Å²) in [5.74, 6) is -0.130. The van der Waals surface area contributed by atoms with E-state index in [1.165, 1.54) is 16.9 Å². The second-order valence-corrected chi connectivity index (χ2v) is 8.48. The van der Waals surface area contributed by atoms with Crippen LogP contribution in [0.5, 0.6) is 0 Å². The summed E-state index contributed by atoms with van der Waals surface area (Å²) in [4.78, 5) is 21.6. The minimum absolute atomic E-state index is 0.0432. The largest absolute Gasteiger partial charge is 0.423 e. The molecular weight excluding hydrogens is 423 g/mol. The molecule has 5 rings (SSSR count). The standard InChI is InChI=1S/C24H25FN6O2/c1-15-6-4-12-30(20(15)14-26-24-29-18-9-8-17(25)13-21(18)33-24)23(32)22-16(2)5-3-7-19(22)31-27-10-11-28-31/h3,5,7-11,13,15,20H,4,6,12,14H2,1-2H3,(H,26,29)/t15-,20-/m1/s1. The number of carbonyl (C=O) groups is 1. The Morgan fingerprint density at radius 1 is 1.24 bits per heavy atom. The van der Waals surface area contributed by atoms with Crippen molar-refractivity contribution < 1.29 is 13.6 Å². The van der Waals surface area contributed by atoms with Crippen molar-refractivity contribution in [3.63, 3.8) is 0 Å². The maximum absolute atomic E-state index is 13.8. The topological polar surface area (TPSA) is 89.1 Å². The zero-order valence-corrected chi connectivity index (χ0v) is 18.5. The van der Waals surface area contributed by atoms with Gasteiger partial charge in [-0.25, -0.2) is 4.39 Å². The molecule has 0 unspecified atom stereocenters. The normalized spacial score (nSPS) is 18.6. The summed E-state index contributed by atoms with van der Waals surface area (Å²) in [6.07, 6.45) is 5.15. The molecule has 9 heteroatoms. The van der Waals surface area contributed by atoms with Crippen LogP contribution in [-0.2, 0) is 0 Å². The number of halogens is 1. The number of hydrogen-bond donors (Lipinski definition) is 1. The third kappa shape index (κ3) is 4.06. The van der Waals surface area contributed by atoms with E-state index in [0.29, 0.717) is 41.5 Å². The molecule has 2 atom stereocenters. The maximum atomic E-state index is 13.8. The lowest BCUT2D eigenvalue weighted by Gasteiger charge is -2.40. The van der Waals surface area contributed by atoms with Gasteiger partial charge < -0.3 is 14.6 Å². The van der Waals surface area contributed by atoms with Crippen molar-refractivity contribution in [1.82, 2.24) is 24.9 Å². The molecule has 2 aromatic carbocycles. The first-order valence-electron chi connectivity index (χ1n) is 11.1. The molecule has 1 aliphatic heterocycles. The van der Waals surface area contributed by atoms with Gasteiger partial charge in [0.25, 0.3) is 11.9 Å². The number of piperidine rings is 1. The first-order valence-corrected chi connectivity index (χ1v) is 11.1. The lowest BCUT2D eigenvalue weighted by Crippen LogP contribution is -2.51. The monoisotopic (exact) mass is 448 g/mol. The molecule has 3 heterocycles. The Morgan fingerprint density at radius 3 is 2.88 bits per heavy atom. The van der Waals surface area contributed by atoms with Crippen LogP contribution in [0.2, 0.25) is 0 Å². The molecule has 1 saturated heterocycles. The van der Waals surface area contributed by atoms with Crippen LogP contribution in [-0.4, -0.2) is 49.9 Å². The molecular formula is C24H25FN6O2. The second kappa shape index (κ2) is 8.65. The molecule has 1 amide bonds. The van der Waals surface area contributed by atoms with Crippen molar-refractivity contribution >= 4 is 23.0 Å². The Bertz CT molecular complexity index is 1290. The molecule has 0 aliphatic carbocycles. The van der Waals surface area contributed by atoms with Gasteiger partial charge in [0.05, 0.1) is 29.7 Å². The molecule has 170 valence electrons. The summed E-state index contributed by atoms with van der Waals surface area (Å²) < 4.78 is 19.1. The number of anilines is 1. The van der Waals surface area contributed by atoms with Crippen molar-refractivity contribution in [3.8, 4) is 5.69 Å². The van der Waals surface area contributed by atoms with E-state index in [1.807, 2.05) is 30.0 Å². The molecule has 0 bridgehead atoms. The van der Waals surface area contributed by atoms with Gasteiger partial charge in [-0.1, -0.05) is 19.1 Å². The number of hydrogen-bond acceptors (Lipinski definition) is 6. The van der Waals surface area contributed by atoms with E-state index in [2.05, 4.69) is 27.4 Å². The van der Waals surface area contributed by atoms with Crippen LogP contribution in [0.3, 0.4) is 0 Å². The predicted octanol–water partition coefficient (Wildman–Crippen LogP) is 4.21. The number of aryl methyl sites for hydroxylation is 1. The van der Waals surface area contributed by atoms with Gasteiger partial charge in [-0.05, 0) is 49.4 Å². The Morgan fingerprint density at radius 2 is 2.06 bits per heavy atom. The summed E-state index contributed by atoms with van der Waals surface area (Å²) in [5.41, 5.74) is 3.11. The molecule has 1 N–H and O–H groups in total. The van der Waals surface area contributed by atoms with Crippen LogP contribution < -0.4 is 5.32 Å². The van der Waals surface area contributed by atoms with E-state index in [9.17, 15) is 9.18 Å². The zero-order valence-electron chi connectivity index (χ0n) is 18.5. The SMILES string of the molecule is Cc1cccc(-n2nccn2)c1C(=O)N1CCC[C@@H](C)[C@H]1CNc1nc2ccc(F)cc2o1. The minimum Gasteiger partial charge on any atom is -0.423 e. The average Bonchev–Trinajstić information content (AvgIpc) is 3.47. The number of oxazole rings is 1. The van der Waals surface area contributed by atoms with Gasteiger partial charge in [0.2, 0.25) is 0 Å². The fourth-order valence-corrected chi connectivity index (χ4v) is 4.56. The Hall–Kier alpha value is -3.75. The third-order valence-electron chi connectivity index (χ3n) is 6.29. The van der Waals surface area contributed by atoms with Gasteiger partial charge in [0.1, 0.15) is 11.3 Å². The molecule has 0 saturated carbocycles. The summed E-state index contributed by atoms with van der Waals surface area (Å²) in [5, 5.41) is 11.7. The average molecular weight is 449 g/mol. The fraction of sp³-hybridized carbons (Fsp3) is 0.333. The van der Waals surface area contributed by atoms with Crippen LogP contribution in [0.1, 0.15) is 35.7 Å². The van der Waals surface area contributed by atoms with Gasteiger partial charge >= 0.3 is 0 Å². The summed E-state index contributed by atoms with van der Waals surface area (Å²) in [6.45, 7) is 5.22. The van der Waals surface area contributed by atoms with Crippen molar-refractivity contribution in [1.29, 1.82) is 0 Å². The van der Waals surface area contributed by atoms with Crippen LogP contribution >= 0.6 is 0 Å². The summed E-state index contributed by atoms with van der Waals surface area (Å²) in [6, 6.07) is 10.2. The van der Waals surface area contributed by atoms with Gasteiger partial charge in [-0.15, -0.1) is 0 Å². The van der Waals surface area contributed by atoms with E-state index >= 15 is 0 Å². The van der Waals surface area contributed by atoms with Gasteiger partial charge in [-0.3, -0.25) is 4.79 Å². The Labute approximate surface area is 190 Å². The van der Waals surface area contributed by atoms with Crippen molar-refractivity contribution in [3.05, 3.63) is 65.7 Å². The van der Waals surface area contributed by atoms with Crippen LogP contribution in [0.15, 0.2) is 53.2 Å². The second-order valence-electron chi connectivity index (χ2n) is 8.48. The highest BCUT2D eigenvalue weighted by molar-refractivity contribution is 5.99. The zero-order chi connectivity index (χ0) is 22.9. The van der Waals surface area contributed by atoms with Gasteiger partial charge in [0, 0.05) is 19.2 Å². The number of benzene rings is 2. The highest BCUT2D eigenvalue weighted by Crippen LogP contribution is 2.29. The van der Waals surface area contributed by atoms with Crippen LogP contribution in [0.4, 0.5) is 10.4 Å². The van der Waals surface area contributed by atoms with Crippen molar-refractivity contribution in [2.24, 2.45) is 5.92 Å². The maximum Gasteiger partial charge on any atom is 0.295 e. The summed E-state index contributed by atoms with van der Waals surface area (Å²) in [7, 11) is 0. The number of fused-ring (bicyclic) bond motifs is 1. The van der Waals surface area contributed by atoms with Gasteiger partial charge in [-0.2, -0.15) is 20.0 Å². The number of amides is 1. The van der Waals surface area contributed by atoms with Gasteiger partial charge in [0.15, 0.2) is 5.58 Å².